The summed E-state index contributed by atoms with van der Waals surface area (Å²) in [4.78, 5) is 38.1. The van der Waals surface area contributed by atoms with E-state index in [1.807, 2.05) is 0 Å². The zero-order chi connectivity index (χ0) is 16.0. The van der Waals surface area contributed by atoms with Gasteiger partial charge in [0.05, 0.1) is 21.5 Å². The van der Waals surface area contributed by atoms with Crippen LogP contribution in [0.3, 0.4) is 0 Å². The minimum absolute atomic E-state index is 0.0636. The molecule has 0 saturated carbocycles. The molecule has 0 aliphatic carbocycles. The van der Waals surface area contributed by atoms with Crippen LogP contribution in [0.1, 0.15) is 5.56 Å². The average molecular weight is 304 g/mol. The Hall–Kier alpha value is -3.50. The van der Waals surface area contributed by atoms with Gasteiger partial charge in [-0.2, -0.15) is 0 Å². The molecule has 0 atom stereocenters. The number of benzene rings is 1. The Kier molecular flexibility index (Phi) is 2.76. The molecule has 0 spiro atoms. The summed E-state index contributed by atoms with van der Waals surface area (Å²) in [5.74, 6) is -0.105. The highest BCUT2D eigenvalue weighted by molar-refractivity contribution is 5.93. The fraction of sp³-hybridized carbons (Fsp3) is 0.0909. The first-order valence-corrected chi connectivity index (χ1v) is 5.92. The summed E-state index contributed by atoms with van der Waals surface area (Å²) in [6.07, 6.45) is 0. The SMILES string of the molecule is Cc1c([N+](=O)[O-])cc2[nH]c(=O)c(=O)[nH]c2c1-c1nnc(N)o1. The number of fused-ring (bicyclic) bond motifs is 1. The van der Waals surface area contributed by atoms with Gasteiger partial charge in [0.25, 0.3) is 11.6 Å². The van der Waals surface area contributed by atoms with Gasteiger partial charge in [-0.15, -0.1) is 5.10 Å². The van der Waals surface area contributed by atoms with Crippen LogP contribution in [0, 0.1) is 17.0 Å². The fourth-order valence-corrected chi connectivity index (χ4v) is 2.14. The molecule has 11 heteroatoms. The first-order valence-electron chi connectivity index (χ1n) is 5.92. The normalized spacial score (nSPS) is 11.0. The van der Waals surface area contributed by atoms with Gasteiger partial charge in [0.15, 0.2) is 0 Å². The molecule has 0 aliphatic rings. The molecular weight excluding hydrogens is 296 g/mol. The number of anilines is 1. The van der Waals surface area contributed by atoms with Crippen LogP contribution in [0.15, 0.2) is 20.1 Å². The summed E-state index contributed by atoms with van der Waals surface area (Å²) in [5, 5.41) is 18.3. The standard InChI is InChI=1S/C11H8N6O5/c1-3-5(17(20)21)2-4-7(14-9(19)8(18)13-4)6(3)10-15-16-11(12)22-10/h2H,1H3,(H2,12,16)(H,13,18)(H,14,19). The van der Waals surface area contributed by atoms with E-state index in [9.17, 15) is 19.7 Å². The molecule has 0 saturated heterocycles. The molecule has 3 rings (SSSR count). The fourth-order valence-electron chi connectivity index (χ4n) is 2.14. The molecule has 11 nitrogen and oxygen atoms in total. The first-order chi connectivity index (χ1) is 10.4. The summed E-state index contributed by atoms with van der Waals surface area (Å²) in [7, 11) is 0. The van der Waals surface area contributed by atoms with Crippen molar-refractivity contribution >= 4 is 22.7 Å². The summed E-state index contributed by atoms with van der Waals surface area (Å²) in [6.45, 7) is 1.46. The second-order valence-electron chi connectivity index (χ2n) is 4.43. The van der Waals surface area contributed by atoms with E-state index in [0.717, 1.165) is 6.07 Å². The Bertz CT molecular complexity index is 1030. The van der Waals surface area contributed by atoms with Crippen molar-refractivity contribution in [3.8, 4) is 11.5 Å². The van der Waals surface area contributed by atoms with Crippen molar-refractivity contribution in [1.29, 1.82) is 0 Å². The lowest BCUT2D eigenvalue weighted by molar-refractivity contribution is -0.385. The van der Waals surface area contributed by atoms with Crippen LogP contribution in [0.4, 0.5) is 11.7 Å². The Labute approximate surface area is 119 Å². The van der Waals surface area contributed by atoms with E-state index in [1.165, 1.54) is 6.92 Å². The molecule has 0 unspecified atom stereocenters. The van der Waals surface area contributed by atoms with Crippen molar-refractivity contribution in [2.75, 3.05) is 5.73 Å². The van der Waals surface area contributed by atoms with Gasteiger partial charge in [-0.1, -0.05) is 5.10 Å². The first kappa shape index (κ1) is 13.5. The molecule has 0 fully saturated rings. The molecular formula is C11H8N6O5. The van der Waals surface area contributed by atoms with E-state index in [2.05, 4.69) is 20.2 Å². The molecule has 1 aromatic carbocycles. The van der Waals surface area contributed by atoms with Gasteiger partial charge < -0.3 is 20.1 Å². The number of nitrogens with two attached hydrogens (primary N) is 1. The maximum Gasteiger partial charge on any atom is 0.314 e. The lowest BCUT2D eigenvalue weighted by Gasteiger charge is -2.07. The number of hydrogen-bond acceptors (Lipinski definition) is 8. The highest BCUT2D eigenvalue weighted by Crippen LogP contribution is 2.34. The quantitative estimate of drug-likeness (QED) is 0.338. The number of H-pyrrole nitrogens is 2. The van der Waals surface area contributed by atoms with Crippen molar-refractivity contribution in [2.45, 2.75) is 6.92 Å². The number of aromatic nitrogens is 4. The summed E-state index contributed by atoms with van der Waals surface area (Å²) in [6, 6.07) is 0.909. The van der Waals surface area contributed by atoms with Crippen molar-refractivity contribution in [2.24, 2.45) is 0 Å². The number of rotatable bonds is 2. The van der Waals surface area contributed by atoms with Crippen LogP contribution in [0.2, 0.25) is 0 Å². The minimum atomic E-state index is -0.929. The number of nitrogens with one attached hydrogen (secondary N) is 2. The summed E-state index contributed by atoms with van der Waals surface area (Å²) in [5.41, 5.74) is 3.76. The van der Waals surface area contributed by atoms with Crippen molar-refractivity contribution < 1.29 is 9.34 Å². The summed E-state index contributed by atoms with van der Waals surface area (Å²) >= 11 is 0. The van der Waals surface area contributed by atoms with E-state index in [-0.39, 0.29) is 39.8 Å². The predicted octanol–water partition coefficient (Wildman–Crippen LogP) is 0.0652. The van der Waals surface area contributed by atoms with Gasteiger partial charge in [-0.3, -0.25) is 19.7 Å². The van der Waals surface area contributed by atoms with Gasteiger partial charge in [-0.05, 0) is 6.92 Å². The molecule has 0 radical (unpaired) electrons. The average Bonchev–Trinajstić information content (AvgIpc) is 2.86. The van der Waals surface area contributed by atoms with Crippen molar-refractivity contribution in [3.05, 3.63) is 42.5 Å². The monoisotopic (exact) mass is 304 g/mol. The van der Waals surface area contributed by atoms with Crippen LogP contribution in [0.25, 0.3) is 22.5 Å². The number of nitrogens with zero attached hydrogens (tertiary/aromatic N) is 3. The zero-order valence-electron chi connectivity index (χ0n) is 11.0. The van der Waals surface area contributed by atoms with Gasteiger partial charge in [0.2, 0.25) is 0 Å². The van der Waals surface area contributed by atoms with E-state index >= 15 is 0 Å². The third kappa shape index (κ3) is 1.91. The smallest absolute Gasteiger partial charge is 0.314 e. The van der Waals surface area contributed by atoms with Crippen molar-refractivity contribution in [1.82, 2.24) is 20.2 Å². The second kappa shape index (κ2) is 4.51. The Balaban J connectivity index is 2.53. The molecule has 2 heterocycles. The Morgan fingerprint density at radius 1 is 1.27 bits per heavy atom. The highest BCUT2D eigenvalue weighted by atomic mass is 16.6. The second-order valence-corrected chi connectivity index (χ2v) is 4.43. The molecule has 0 amide bonds. The maximum atomic E-state index is 11.5. The van der Waals surface area contributed by atoms with Crippen LogP contribution in [-0.4, -0.2) is 25.1 Å². The van der Waals surface area contributed by atoms with Gasteiger partial charge in [0, 0.05) is 11.6 Å². The van der Waals surface area contributed by atoms with Crippen LogP contribution < -0.4 is 16.9 Å². The maximum absolute atomic E-state index is 11.5. The number of nitrogen functional groups attached to an aromatic ring is 1. The number of nitro benzene ring substituents is 1. The van der Waals surface area contributed by atoms with Gasteiger partial charge in [-0.25, -0.2) is 0 Å². The lowest BCUT2D eigenvalue weighted by Crippen LogP contribution is -2.29. The van der Waals surface area contributed by atoms with Crippen LogP contribution >= 0.6 is 0 Å². The molecule has 0 bridgehead atoms. The van der Waals surface area contributed by atoms with Gasteiger partial charge in [0.1, 0.15) is 0 Å². The third-order valence-corrected chi connectivity index (χ3v) is 3.10. The van der Waals surface area contributed by atoms with Crippen molar-refractivity contribution in [3.63, 3.8) is 0 Å². The molecule has 112 valence electrons. The van der Waals surface area contributed by atoms with Crippen LogP contribution in [0.5, 0.6) is 0 Å². The topological polar surface area (TPSA) is 174 Å². The minimum Gasteiger partial charge on any atom is -0.403 e. The number of aromatic amines is 2. The number of nitro groups is 1. The van der Waals surface area contributed by atoms with E-state index in [4.69, 9.17) is 10.2 Å². The number of hydrogen-bond donors (Lipinski definition) is 3. The highest BCUT2D eigenvalue weighted by Gasteiger charge is 2.23. The van der Waals surface area contributed by atoms with Crippen LogP contribution in [-0.2, 0) is 0 Å². The third-order valence-electron chi connectivity index (χ3n) is 3.10. The summed E-state index contributed by atoms with van der Waals surface area (Å²) < 4.78 is 5.08. The predicted molar refractivity (Wildman–Crippen MR) is 74.3 cm³/mol. The molecule has 3 aromatic rings. The van der Waals surface area contributed by atoms with Gasteiger partial charge >= 0.3 is 17.1 Å². The Morgan fingerprint density at radius 2 is 1.95 bits per heavy atom. The van der Waals surface area contributed by atoms with E-state index < -0.39 is 16.0 Å². The molecule has 22 heavy (non-hydrogen) atoms. The Morgan fingerprint density at radius 3 is 2.55 bits per heavy atom. The van der Waals surface area contributed by atoms with E-state index in [0.29, 0.717) is 0 Å². The van der Waals surface area contributed by atoms with E-state index in [1.54, 1.807) is 0 Å². The largest absolute Gasteiger partial charge is 0.403 e. The molecule has 0 aliphatic heterocycles. The molecule has 4 N–H and O–H groups in total. The lowest BCUT2D eigenvalue weighted by atomic mass is 10.0. The molecule has 2 aromatic heterocycles. The zero-order valence-corrected chi connectivity index (χ0v) is 11.0.